The van der Waals surface area contributed by atoms with Crippen LogP contribution in [-0.2, 0) is 15.5 Å². The zero-order valence-electron chi connectivity index (χ0n) is 15.6. The second-order valence-corrected chi connectivity index (χ2v) is 8.97. The first-order chi connectivity index (χ1) is 12.7. The molecule has 1 aliphatic rings. The van der Waals surface area contributed by atoms with Gasteiger partial charge >= 0.3 is 7.52 Å². The first-order valence-corrected chi connectivity index (χ1v) is 10.9. The van der Waals surface area contributed by atoms with E-state index >= 15 is 0 Å². The Balaban J connectivity index is 1.85. The van der Waals surface area contributed by atoms with Crippen molar-refractivity contribution in [1.82, 2.24) is 4.78 Å². The van der Waals surface area contributed by atoms with Crippen molar-refractivity contribution in [2.75, 3.05) is 13.7 Å². The van der Waals surface area contributed by atoms with Gasteiger partial charge in [-0.3, -0.25) is 4.57 Å². The van der Waals surface area contributed by atoms with E-state index in [1.54, 1.807) is 4.78 Å². The van der Waals surface area contributed by atoms with Crippen molar-refractivity contribution in [3.8, 4) is 0 Å². The van der Waals surface area contributed by atoms with Crippen molar-refractivity contribution in [3.63, 3.8) is 0 Å². The molecule has 1 atom stereocenters. The molecule has 0 amide bonds. The minimum Gasteiger partial charge on any atom is -0.312 e. The van der Waals surface area contributed by atoms with E-state index in [0.29, 0.717) is 11.8 Å². The smallest absolute Gasteiger partial charge is 0.312 e. The number of benzene rings is 2. The van der Waals surface area contributed by atoms with Crippen LogP contribution in [0.5, 0.6) is 0 Å². The molecule has 3 rings (SSSR count). The fraction of sp³-hybridized carbons (Fsp3) is 0.381. The van der Waals surface area contributed by atoms with Crippen molar-refractivity contribution in [1.29, 1.82) is 0 Å². The quantitative estimate of drug-likeness (QED) is 0.645. The van der Waals surface area contributed by atoms with Crippen LogP contribution in [0.4, 0.5) is 0 Å². The molecule has 0 aliphatic carbocycles. The van der Waals surface area contributed by atoms with E-state index in [-0.39, 0.29) is 0 Å². The first kappa shape index (κ1) is 18.9. The lowest BCUT2D eigenvalue weighted by atomic mass is 10.0. The molecule has 5 heteroatoms. The molecule has 0 saturated heterocycles. The van der Waals surface area contributed by atoms with Gasteiger partial charge in [-0.25, -0.2) is 4.78 Å². The molecule has 0 saturated carbocycles. The molecule has 1 aliphatic heterocycles. The van der Waals surface area contributed by atoms with Crippen LogP contribution in [0.25, 0.3) is 0 Å². The molecule has 0 fully saturated rings. The summed E-state index contributed by atoms with van der Waals surface area (Å²) in [5.74, 6) is 0. The van der Waals surface area contributed by atoms with E-state index < -0.39 is 7.52 Å². The summed E-state index contributed by atoms with van der Waals surface area (Å²) >= 11 is 0. The van der Waals surface area contributed by atoms with Crippen molar-refractivity contribution < 1.29 is 9.09 Å². The topological polar surface area (TPSA) is 41.9 Å². The van der Waals surface area contributed by atoms with Gasteiger partial charge in [0.1, 0.15) is 0 Å². The fourth-order valence-electron chi connectivity index (χ4n) is 3.21. The summed E-state index contributed by atoms with van der Waals surface area (Å²) in [6.07, 6.45) is 5.33. The minimum absolute atomic E-state index is 0.637. The van der Waals surface area contributed by atoms with Gasteiger partial charge in [0.2, 0.25) is 0 Å². The van der Waals surface area contributed by atoms with E-state index in [9.17, 15) is 4.57 Å². The zero-order chi connectivity index (χ0) is 18.4. The van der Waals surface area contributed by atoms with Gasteiger partial charge in [0.25, 0.3) is 0 Å². The highest BCUT2D eigenvalue weighted by Gasteiger charge is 2.34. The van der Waals surface area contributed by atoms with Gasteiger partial charge in [-0.2, -0.15) is 5.10 Å². The van der Waals surface area contributed by atoms with E-state index in [0.717, 1.165) is 30.5 Å². The Bertz CT molecular complexity index is 787. The molecule has 26 heavy (non-hydrogen) atoms. The number of hydrogen-bond donors (Lipinski definition) is 0. The maximum absolute atomic E-state index is 13.5. The monoisotopic (exact) mass is 370 g/mol. The molecule has 0 spiro atoms. The van der Waals surface area contributed by atoms with Crippen LogP contribution < -0.4 is 5.30 Å². The summed E-state index contributed by atoms with van der Waals surface area (Å²) in [5, 5.41) is 5.41. The van der Waals surface area contributed by atoms with E-state index in [1.165, 1.54) is 25.5 Å². The van der Waals surface area contributed by atoms with Gasteiger partial charge in [0.15, 0.2) is 0 Å². The largest absolute Gasteiger partial charge is 0.341 e. The average molecular weight is 370 g/mol. The van der Waals surface area contributed by atoms with Gasteiger partial charge < -0.3 is 4.52 Å². The standard InChI is InChI=1S/C21H27N2O2P/c1-3-4-9-18-13-15-19(16-14-18)21-12-8-17-23(22-21)26(24,25-2)20-10-6-5-7-11-20/h5-7,10-11,13-16H,3-4,8-9,12,17H2,1-2H3. The maximum atomic E-state index is 13.5. The molecule has 4 nitrogen and oxygen atoms in total. The highest BCUT2D eigenvalue weighted by Crippen LogP contribution is 2.50. The normalized spacial score (nSPS) is 16.8. The lowest BCUT2D eigenvalue weighted by Crippen LogP contribution is -2.29. The van der Waals surface area contributed by atoms with Crippen molar-refractivity contribution in [3.05, 3.63) is 65.7 Å². The first-order valence-electron chi connectivity index (χ1n) is 9.33. The van der Waals surface area contributed by atoms with E-state index in [4.69, 9.17) is 9.63 Å². The zero-order valence-corrected chi connectivity index (χ0v) is 16.5. The summed E-state index contributed by atoms with van der Waals surface area (Å²) in [7, 11) is -1.66. The lowest BCUT2D eigenvalue weighted by Gasteiger charge is -2.31. The van der Waals surface area contributed by atoms with Crippen LogP contribution in [0.15, 0.2) is 59.7 Å². The highest BCUT2D eigenvalue weighted by atomic mass is 31.2. The van der Waals surface area contributed by atoms with Gasteiger partial charge in [0.05, 0.1) is 11.0 Å². The van der Waals surface area contributed by atoms with E-state index in [1.807, 2.05) is 30.3 Å². The molecular weight excluding hydrogens is 343 g/mol. The van der Waals surface area contributed by atoms with Gasteiger partial charge in [-0.15, -0.1) is 0 Å². The molecule has 0 aromatic heterocycles. The molecule has 0 radical (unpaired) electrons. The summed E-state index contributed by atoms with van der Waals surface area (Å²) in [4.78, 5) is 0. The Morgan fingerprint density at radius 1 is 1.12 bits per heavy atom. The fourth-order valence-corrected chi connectivity index (χ4v) is 5.06. The van der Waals surface area contributed by atoms with Crippen molar-refractivity contribution in [2.24, 2.45) is 5.10 Å². The Morgan fingerprint density at radius 2 is 1.85 bits per heavy atom. The molecular formula is C21H27N2O2P. The molecule has 0 bridgehead atoms. The Morgan fingerprint density at radius 3 is 2.50 bits per heavy atom. The minimum atomic E-state index is -3.16. The number of rotatable bonds is 7. The third-order valence-corrected chi connectivity index (χ3v) is 7.09. The Kier molecular flexibility index (Phi) is 6.29. The van der Waals surface area contributed by atoms with Crippen LogP contribution in [0.3, 0.4) is 0 Å². The summed E-state index contributed by atoms with van der Waals surface area (Å²) in [5.41, 5.74) is 3.44. The third-order valence-electron chi connectivity index (χ3n) is 4.75. The Hall–Kier alpha value is -1.90. The van der Waals surface area contributed by atoms with E-state index in [2.05, 4.69) is 31.2 Å². The number of unbranched alkanes of at least 4 members (excludes halogenated alkanes) is 1. The summed E-state index contributed by atoms with van der Waals surface area (Å²) in [6.45, 7) is 2.85. The second-order valence-electron chi connectivity index (χ2n) is 6.59. The maximum Gasteiger partial charge on any atom is 0.341 e. The third kappa shape index (κ3) is 4.08. The molecule has 1 heterocycles. The van der Waals surface area contributed by atoms with Crippen LogP contribution in [0.1, 0.15) is 43.7 Å². The molecule has 138 valence electrons. The van der Waals surface area contributed by atoms with Gasteiger partial charge in [-0.05, 0) is 48.9 Å². The predicted octanol–water partition coefficient (Wildman–Crippen LogP) is 4.99. The molecule has 2 aromatic rings. The van der Waals surface area contributed by atoms with Crippen LogP contribution in [-0.4, -0.2) is 24.1 Å². The highest BCUT2D eigenvalue weighted by molar-refractivity contribution is 7.64. The number of nitrogens with zero attached hydrogens (tertiary/aromatic N) is 2. The number of hydrazone groups is 1. The number of aryl methyl sites for hydroxylation is 1. The summed E-state index contributed by atoms with van der Waals surface area (Å²) in [6, 6.07) is 18.0. The van der Waals surface area contributed by atoms with Crippen LogP contribution in [0, 0.1) is 0 Å². The molecule has 0 N–H and O–H groups in total. The van der Waals surface area contributed by atoms with Crippen molar-refractivity contribution >= 4 is 18.5 Å². The molecule has 1 unspecified atom stereocenters. The predicted molar refractivity (Wildman–Crippen MR) is 108 cm³/mol. The SMILES string of the molecule is CCCCc1ccc(C2=NN(P(=O)(OC)c3ccccc3)CCC2)cc1. The van der Waals surface area contributed by atoms with Crippen LogP contribution in [0.2, 0.25) is 0 Å². The van der Waals surface area contributed by atoms with Crippen LogP contribution >= 0.6 is 7.52 Å². The summed E-state index contributed by atoms with van der Waals surface area (Å²) < 4.78 is 20.6. The van der Waals surface area contributed by atoms with Crippen molar-refractivity contribution in [2.45, 2.75) is 39.0 Å². The van der Waals surface area contributed by atoms with Gasteiger partial charge in [-0.1, -0.05) is 55.8 Å². The molecule has 2 aromatic carbocycles. The second kappa shape index (κ2) is 8.66. The van der Waals surface area contributed by atoms with Gasteiger partial charge in [0, 0.05) is 13.7 Å². The Labute approximate surface area is 156 Å². The number of hydrogen-bond acceptors (Lipinski definition) is 3. The lowest BCUT2D eigenvalue weighted by molar-refractivity contribution is 0.313. The average Bonchev–Trinajstić information content (AvgIpc) is 2.72.